The van der Waals surface area contributed by atoms with E-state index in [1.807, 2.05) is 0 Å². The predicted molar refractivity (Wildman–Crippen MR) is 103 cm³/mol. The fourth-order valence-corrected chi connectivity index (χ4v) is 4.25. The van der Waals surface area contributed by atoms with Crippen LogP contribution in [-0.4, -0.2) is 42.4 Å². The molecule has 3 aliphatic rings. The largest absolute Gasteiger partial charge is 0.494 e. The van der Waals surface area contributed by atoms with Gasteiger partial charge in [0.2, 0.25) is 0 Å². The standard InChI is InChI=1S/C21H32BNO2/c1-20(2)21(3,4)25-22(24-20)18-10-8-16(9-11-18)17-12-14-23(15-13-17)19-6-5-7-19/h8-11,17,19H,5-7,12-15H2,1-4H3. The highest BCUT2D eigenvalue weighted by atomic mass is 16.7. The second-order valence-corrected chi connectivity index (χ2v) is 9.15. The molecule has 2 aliphatic heterocycles. The highest BCUT2D eigenvalue weighted by molar-refractivity contribution is 6.62. The number of hydrogen-bond acceptors (Lipinski definition) is 3. The van der Waals surface area contributed by atoms with Crippen molar-refractivity contribution >= 4 is 12.6 Å². The Hall–Kier alpha value is -0.835. The van der Waals surface area contributed by atoms with Gasteiger partial charge in [-0.1, -0.05) is 30.7 Å². The molecule has 0 amide bonds. The summed E-state index contributed by atoms with van der Waals surface area (Å²) in [6.07, 6.45) is 6.88. The summed E-state index contributed by atoms with van der Waals surface area (Å²) in [5.41, 5.74) is 2.07. The van der Waals surface area contributed by atoms with E-state index >= 15 is 0 Å². The second-order valence-electron chi connectivity index (χ2n) is 9.15. The van der Waals surface area contributed by atoms with Crippen LogP contribution in [0, 0.1) is 0 Å². The summed E-state index contributed by atoms with van der Waals surface area (Å²) < 4.78 is 12.3. The maximum atomic E-state index is 6.17. The smallest absolute Gasteiger partial charge is 0.399 e. The molecule has 3 nitrogen and oxygen atoms in total. The molecule has 1 aromatic rings. The molecule has 0 radical (unpaired) electrons. The minimum absolute atomic E-state index is 0.250. The molecule has 1 aromatic carbocycles. The van der Waals surface area contributed by atoms with Gasteiger partial charge in [-0.15, -0.1) is 0 Å². The van der Waals surface area contributed by atoms with Gasteiger partial charge >= 0.3 is 7.12 Å². The summed E-state index contributed by atoms with van der Waals surface area (Å²) in [4.78, 5) is 2.72. The van der Waals surface area contributed by atoms with Crippen molar-refractivity contribution in [3.8, 4) is 0 Å². The number of benzene rings is 1. The van der Waals surface area contributed by atoms with Crippen molar-refractivity contribution in [3.05, 3.63) is 29.8 Å². The topological polar surface area (TPSA) is 21.7 Å². The molecule has 3 fully saturated rings. The SMILES string of the molecule is CC1(C)OB(c2ccc(C3CCN(C4CCC4)CC3)cc2)OC1(C)C. The molecule has 2 saturated heterocycles. The maximum Gasteiger partial charge on any atom is 0.494 e. The summed E-state index contributed by atoms with van der Waals surface area (Å²) in [7, 11) is -0.250. The third kappa shape index (κ3) is 3.29. The zero-order valence-electron chi connectivity index (χ0n) is 16.3. The van der Waals surface area contributed by atoms with Crippen LogP contribution < -0.4 is 5.46 Å². The molecule has 136 valence electrons. The summed E-state index contributed by atoms with van der Waals surface area (Å²) in [5, 5.41) is 0. The average Bonchev–Trinajstić information content (AvgIpc) is 2.75. The monoisotopic (exact) mass is 341 g/mol. The first-order valence-corrected chi connectivity index (χ1v) is 10.1. The van der Waals surface area contributed by atoms with Crippen LogP contribution in [0.2, 0.25) is 0 Å². The Labute approximate surface area is 153 Å². The molecule has 25 heavy (non-hydrogen) atoms. The molecule has 4 rings (SSSR count). The van der Waals surface area contributed by atoms with Crippen LogP contribution in [0.1, 0.15) is 71.3 Å². The van der Waals surface area contributed by atoms with Crippen LogP contribution in [-0.2, 0) is 9.31 Å². The predicted octanol–water partition coefficient (Wildman–Crippen LogP) is 3.72. The van der Waals surface area contributed by atoms with Gasteiger partial charge in [0.05, 0.1) is 11.2 Å². The molecule has 2 heterocycles. The van der Waals surface area contributed by atoms with Crippen LogP contribution in [0.5, 0.6) is 0 Å². The van der Waals surface area contributed by atoms with Gasteiger partial charge in [0.1, 0.15) is 0 Å². The first kappa shape index (κ1) is 17.6. The lowest BCUT2D eigenvalue weighted by Gasteiger charge is -2.42. The number of nitrogens with zero attached hydrogens (tertiary/aromatic N) is 1. The molecule has 1 saturated carbocycles. The highest BCUT2D eigenvalue weighted by Crippen LogP contribution is 2.37. The van der Waals surface area contributed by atoms with Gasteiger partial charge in [-0.25, -0.2) is 0 Å². The molecule has 0 unspecified atom stereocenters. The summed E-state index contributed by atoms with van der Waals surface area (Å²) in [6.45, 7) is 11.0. The summed E-state index contributed by atoms with van der Waals surface area (Å²) in [5.74, 6) is 0.712. The van der Waals surface area contributed by atoms with Gasteiger partial charge in [0.25, 0.3) is 0 Å². The average molecular weight is 341 g/mol. The minimum atomic E-state index is -0.273. The Bertz CT molecular complexity index is 585. The summed E-state index contributed by atoms with van der Waals surface area (Å²) >= 11 is 0. The van der Waals surface area contributed by atoms with Crippen LogP contribution in [0.15, 0.2) is 24.3 Å². The maximum absolute atomic E-state index is 6.17. The van der Waals surface area contributed by atoms with Gasteiger partial charge in [0, 0.05) is 6.04 Å². The number of rotatable bonds is 3. The fourth-order valence-electron chi connectivity index (χ4n) is 4.25. The van der Waals surface area contributed by atoms with Crippen molar-refractivity contribution in [1.29, 1.82) is 0 Å². The quantitative estimate of drug-likeness (QED) is 0.782. The second kappa shape index (κ2) is 6.40. The van der Waals surface area contributed by atoms with Gasteiger partial charge in [-0.2, -0.15) is 0 Å². The molecule has 0 N–H and O–H groups in total. The molecule has 1 aliphatic carbocycles. The molecule has 0 atom stereocenters. The van der Waals surface area contributed by atoms with E-state index in [1.54, 1.807) is 0 Å². The Kier molecular flexibility index (Phi) is 4.50. The van der Waals surface area contributed by atoms with E-state index in [-0.39, 0.29) is 18.3 Å². The van der Waals surface area contributed by atoms with Gasteiger partial charge in [-0.05, 0) is 83.4 Å². The van der Waals surface area contributed by atoms with Crippen LogP contribution in [0.3, 0.4) is 0 Å². The Morgan fingerprint density at radius 2 is 1.44 bits per heavy atom. The van der Waals surface area contributed by atoms with Crippen molar-refractivity contribution in [2.24, 2.45) is 0 Å². The molecular weight excluding hydrogens is 309 g/mol. The Morgan fingerprint density at radius 1 is 0.880 bits per heavy atom. The molecule has 0 aromatic heterocycles. The first-order chi connectivity index (χ1) is 11.9. The normalized spacial score (nSPS) is 27.4. The van der Waals surface area contributed by atoms with Crippen LogP contribution >= 0.6 is 0 Å². The lowest BCUT2D eigenvalue weighted by Crippen LogP contribution is -2.44. The van der Waals surface area contributed by atoms with Gasteiger partial charge in [0.15, 0.2) is 0 Å². The minimum Gasteiger partial charge on any atom is -0.399 e. The van der Waals surface area contributed by atoms with Gasteiger partial charge < -0.3 is 14.2 Å². The van der Waals surface area contributed by atoms with Crippen molar-refractivity contribution in [1.82, 2.24) is 4.90 Å². The van der Waals surface area contributed by atoms with Crippen molar-refractivity contribution in [2.45, 2.75) is 83.0 Å². The lowest BCUT2D eigenvalue weighted by molar-refractivity contribution is 0.00578. The van der Waals surface area contributed by atoms with E-state index in [0.717, 1.165) is 11.5 Å². The molecule has 4 heteroatoms. The van der Waals surface area contributed by atoms with Crippen molar-refractivity contribution in [2.75, 3.05) is 13.1 Å². The number of piperidine rings is 1. The summed E-state index contributed by atoms with van der Waals surface area (Å²) in [6, 6.07) is 9.89. The lowest BCUT2D eigenvalue weighted by atomic mass is 9.77. The van der Waals surface area contributed by atoms with Crippen molar-refractivity contribution < 1.29 is 9.31 Å². The zero-order valence-corrected chi connectivity index (χ0v) is 16.3. The Morgan fingerprint density at radius 3 is 1.92 bits per heavy atom. The molecule has 0 spiro atoms. The van der Waals surface area contributed by atoms with Crippen LogP contribution in [0.25, 0.3) is 0 Å². The van der Waals surface area contributed by atoms with E-state index in [4.69, 9.17) is 9.31 Å². The molecular formula is C21H32BNO2. The van der Waals surface area contributed by atoms with Crippen molar-refractivity contribution in [3.63, 3.8) is 0 Å². The first-order valence-electron chi connectivity index (χ1n) is 10.1. The zero-order chi connectivity index (χ0) is 17.7. The third-order valence-electron chi connectivity index (χ3n) is 7.05. The fraction of sp³-hybridized carbons (Fsp3) is 0.714. The van der Waals surface area contributed by atoms with E-state index in [1.165, 1.54) is 50.8 Å². The van der Waals surface area contributed by atoms with E-state index in [0.29, 0.717) is 5.92 Å². The van der Waals surface area contributed by atoms with Crippen LogP contribution in [0.4, 0.5) is 0 Å². The third-order valence-corrected chi connectivity index (χ3v) is 7.05. The van der Waals surface area contributed by atoms with E-state index in [9.17, 15) is 0 Å². The van der Waals surface area contributed by atoms with E-state index < -0.39 is 0 Å². The molecule has 0 bridgehead atoms. The Balaban J connectivity index is 1.38. The number of hydrogen-bond donors (Lipinski definition) is 0. The number of likely N-dealkylation sites (tertiary alicyclic amines) is 1. The van der Waals surface area contributed by atoms with Gasteiger partial charge in [-0.3, -0.25) is 0 Å². The van der Waals surface area contributed by atoms with E-state index in [2.05, 4.69) is 56.9 Å². The highest BCUT2D eigenvalue weighted by Gasteiger charge is 2.51.